The fraction of sp³-hybridized carbons (Fsp3) is 0.120. The standard InChI is InChI=1S/C25H18O5S6/c1-31-22-23(36-25(35-22)24-33-18(20(26)27)19(34-24)21(28)29)32-11-10-30-17-15-8-4-2-6-13(15)12-14-7-3-5-9-16(14)17/h2-9,12H,10-11H2,1H3,(H,26,27)(H,28,29). The van der Waals surface area contributed by atoms with Gasteiger partial charge in [0.25, 0.3) is 0 Å². The number of aliphatic carboxylic acids is 2. The van der Waals surface area contributed by atoms with Gasteiger partial charge >= 0.3 is 11.9 Å². The lowest BCUT2D eigenvalue weighted by Gasteiger charge is -2.13. The Hall–Kier alpha value is -1.76. The van der Waals surface area contributed by atoms with Crippen LogP contribution in [0.4, 0.5) is 0 Å². The van der Waals surface area contributed by atoms with Gasteiger partial charge in [-0.3, -0.25) is 0 Å². The van der Waals surface area contributed by atoms with E-state index in [4.69, 9.17) is 4.74 Å². The molecule has 11 heteroatoms. The van der Waals surface area contributed by atoms with Gasteiger partial charge in [-0.15, -0.1) is 23.5 Å². The first-order chi connectivity index (χ1) is 17.5. The molecular weight excluding hydrogens is 573 g/mol. The van der Waals surface area contributed by atoms with Crippen molar-refractivity contribution in [3.05, 3.63) is 81.4 Å². The van der Waals surface area contributed by atoms with Crippen LogP contribution in [-0.2, 0) is 9.59 Å². The van der Waals surface area contributed by atoms with Crippen molar-refractivity contribution in [3.63, 3.8) is 0 Å². The molecule has 0 bridgehead atoms. The van der Waals surface area contributed by atoms with E-state index in [0.29, 0.717) is 10.8 Å². The average molecular weight is 591 g/mol. The lowest BCUT2D eigenvalue weighted by Crippen LogP contribution is -2.03. The van der Waals surface area contributed by atoms with E-state index >= 15 is 0 Å². The molecule has 0 unspecified atom stereocenters. The molecule has 0 radical (unpaired) electrons. The Kier molecular flexibility index (Phi) is 8.14. The molecule has 0 atom stereocenters. The Morgan fingerprint density at radius 3 is 1.89 bits per heavy atom. The number of carboxylic acids is 2. The molecule has 5 nitrogen and oxygen atoms in total. The third-order valence-electron chi connectivity index (χ3n) is 5.16. The van der Waals surface area contributed by atoms with Crippen molar-refractivity contribution in [2.75, 3.05) is 18.6 Å². The van der Waals surface area contributed by atoms with Gasteiger partial charge in [-0.05, 0) is 23.1 Å². The van der Waals surface area contributed by atoms with E-state index in [1.165, 1.54) is 0 Å². The molecule has 0 amide bonds. The fourth-order valence-electron chi connectivity index (χ4n) is 3.64. The summed E-state index contributed by atoms with van der Waals surface area (Å²) in [4.78, 5) is 22.7. The molecule has 2 aliphatic heterocycles. The highest BCUT2D eigenvalue weighted by Crippen LogP contribution is 2.63. The van der Waals surface area contributed by atoms with Crippen LogP contribution in [0, 0.1) is 0 Å². The first kappa shape index (κ1) is 25.9. The van der Waals surface area contributed by atoms with E-state index in [-0.39, 0.29) is 9.81 Å². The van der Waals surface area contributed by atoms with Gasteiger partial charge in [0, 0.05) is 16.5 Å². The molecule has 3 aromatic carbocycles. The van der Waals surface area contributed by atoms with Crippen molar-refractivity contribution >= 4 is 104 Å². The van der Waals surface area contributed by atoms with Crippen LogP contribution in [0.1, 0.15) is 0 Å². The van der Waals surface area contributed by atoms with Crippen LogP contribution in [-0.4, -0.2) is 40.8 Å². The van der Waals surface area contributed by atoms with Crippen LogP contribution in [0.15, 0.2) is 81.4 Å². The predicted molar refractivity (Wildman–Crippen MR) is 160 cm³/mol. The van der Waals surface area contributed by atoms with E-state index in [1.807, 2.05) is 30.5 Å². The Bertz CT molecular complexity index is 1410. The monoisotopic (exact) mass is 590 g/mol. The topological polar surface area (TPSA) is 83.8 Å². The number of rotatable bonds is 8. The van der Waals surface area contributed by atoms with Crippen molar-refractivity contribution < 1.29 is 24.5 Å². The molecular formula is C25H18O5S6. The minimum absolute atomic E-state index is 0.126. The average Bonchev–Trinajstić information content (AvgIpc) is 3.51. The van der Waals surface area contributed by atoms with Crippen LogP contribution >= 0.6 is 70.6 Å². The number of ether oxygens (including phenoxy) is 1. The molecule has 2 N–H and O–H groups in total. The molecule has 5 rings (SSSR count). The second-order valence-corrected chi connectivity index (χ2v) is 14.4. The summed E-state index contributed by atoms with van der Waals surface area (Å²) in [6.07, 6.45) is 2.01. The number of hydrogen-bond donors (Lipinski definition) is 2. The van der Waals surface area contributed by atoms with Crippen LogP contribution in [0.3, 0.4) is 0 Å². The Labute approximate surface area is 232 Å². The van der Waals surface area contributed by atoms with Crippen LogP contribution in [0.2, 0.25) is 0 Å². The molecule has 36 heavy (non-hydrogen) atoms. The summed E-state index contributed by atoms with van der Waals surface area (Å²) >= 11 is 8.53. The van der Waals surface area contributed by atoms with Gasteiger partial charge in [0.15, 0.2) is 0 Å². The number of carboxylic acid groups (broad SMARTS) is 2. The molecule has 0 saturated carbocycles. The Morgan fingerprint density at radius 1 is 0.806 bits per heavy atom. The molecule has 3 aromatic rings. The zero-order chi connectivity index (χ0) is 25.2. The van der Waals surface area contributed by atoms with Gasteiger partial charge in [-0.2, -0.15) is 0 Å². The van der Waals surface area contributed by atoms with Crippen LogP contribution in [0.25, 0.3) is 21.5 Å². The quantitative estimate of drug-likeness (QED) is 0.197. The van der Waals surface area contributed by atoms with E-state index < -0.39 is 11.9 Å². The third-order valence-corrected chi connectivity index (χ3v) is 13.6. The molecule has 2 aliphatic rings. The van der Waals surface area contributed by atoms with Crippen molar-refractivity contribution in [2.24, 2.45) is 0 Å². The van der Waals surface area contributed by atoms with Gasteiger partial charge in [0.1, 0.15) is 15.6 Å². The lowest BCUT2D eigenvalue weighted by atomic mass is 10.0. The lowest BCUT2D eigenvalue weighted by molar-refractivity contribution is -0.134. The number of carbonyl (C=O) groups is 2. The highest BCUT2D eigenvalue weighted by atomic mass is 32.3. The highest BCUT2D eigenvalue weighted by Gasteiger charge is 2.35. The summed E-state index contributed by atoms with van der Waals surface area (Å²) in [5.74, 6) is -0.780. The smallest absolute Gasteiger partial charge is 0.344 e. The van der Waals surface area contributed by atoms with Gasteiger partial charge in [-0.25, -0.2) is 9.59 Å². The summed E-state index contributed by atoms with van der Waals surface area (Å²) in [6.45, 7) is 0.530. The summed E-state index contributed by atoms with van der Waals surface area (Å²) in [6, 6.07) is 18.7. The maximum atomic E-state index is 11.5. The second kappa shape index (κ2) is 11.3. The minimum atomic E-state index is -1.21. The summed E-state index contributed by atoms with van der Waals surface area (Å²) in [7, 11) is 0. The summed E-state index contributed by atoms with van der Waals surface area (Å²) in [5.41, 5.74) is 0. The first-order valence-electron chi connectivity index (χ1n) is 10.6. The highest BCUT2D eigenvalue weighted by molar-refractivity contribution is 8.42. The van der Waals surface area contributed by atoms with E-state index in [9.17, 15) is 19.8 Å². The molecule has 0 fully saturated rings. The Morgan fingerprint density at radius 2 is 1.33 bits per heavy atom. The summed E-state index contributed by atoms with van der Waals surface area (Å²) < 4.78 is 10.2. The van der Waals surface area contributed by atoms with E-state index in [0.717, 1.165) is 69.3 Å². The summed E-state index contributed by atoms with van der Waals surface area (Å²) in [5, 5.41) is 23.3. The largest absolute Gasteiger partial charge is 0.491 e. The van der Waals surface area contributed by atoms with Gasteiger partial charge in [-0.1, -0.05) is 95.6 Å². The molecule has 184 valence electrons. The third kappa shape index (κ3) is 5.27. The molecule has 2 heterocycles. The van der Waals surface area contributed by atoms with Crippen molar-refractivity contribution in [1.82, 2.24) is 0 Å². The molecule has 0 spiro atoms. The fourth-order valence-corrected chi connectivity index (χ4v) is 11.6. The number of benzene rings is 3. The van der Waals surface area contributed by atoms with Crippen LogP contribution in [0.5, 0.6) is 5.75 Å². The molecule has 0 aromatic heterocycles. The Balaban J connectivity index is 1.28. The number of hydrogen-bond acceptors (Lipinski definition) is 9. The maximum Gasteiger partial charge on any atom is 0.344 e. The zero-order valence-corrected chi connectivity index (χ0v) is 23.6. The molecule has 0 aliphatic carbocycles. The van der Waals surface area contributed by atoms with Gasteiger partial charge in [0.2, 0.25) is 0 Å². The minimum Gasteiger partial charge on any atom is -0.491 e. The number of thioether (sulfide) groups is 6. The van der Waals surface area contributed by atoms with Crippen molar-refractivity contribution in [1.29, 1.82) is 0 Å². The van der Waals surface area contributed by atoms with Gasteiger partial charge < -0.3 is 14.9 Å². The van der Waals surface area contributed by atoms with E-state index in [2.05, 4.69) is 30.3 Å². The second-order valence-electron chi connectivity index (χ2n) is 7.38. The normalized spacial score (nSPS) is 16.0. The zero-order valence-electron chi connectivity index (χ0n) is 18.7. The first-order valence-corrected chi connectivity index (χ1v) is 16.0. The SMILES string of the molecule is CSC1=C(SCCOc2c3ccccc3cc3ccccc23)SC(=C2SC(C(=O)O)=C(C(=O)O)S2)S1. The van der Waals surface area contributed by atoms with E-state index in [1.54, 1.807) is 47.0 Å². The number of fused-ring (bicyclic) bond motifs is 2. The molecule has 0 saturated heterocycles. The van der Waals surface area contributed by atoms with Crippen LogP contribution < -0.4 is 4.74 Å². The van der Waals surface area contributed by atoms with Crippen molar-refractivity contribution in [3.8, 4) is 5.75 Å². The predicted octanol–water partition coefficient (Wildman–Crippen LogP) is 8.06. The maximum absolute atomic E-state index is 11.5. The van der Waals surface area contributed by atoms with Crippen molar-refractivity contribution in [2.45, 2.75) is 0 Å². The van der Waals surface area contributed by atoms with Gasteiger partial charge in [0.05, 0.1) is 23.6 Å².